The lowest BCUT2D eigenvalue weighted by Crippen LogP contribution is -2.44. The maximum absolute atomic E-state index is 13.0. The first-order chi connectivity index (χ1) is 16.5. The summed E-state index contributed by atoms with van der Waals surface area (Å²) in [5.41, 5.74) is 2.42. The van der Waals surface area contributed by atoms with Crippen LogP contribution in [0.15, 0.2) is 53.3 Å². The van der Waals surface area contributed by atoms with Crippen LogP contribution in [0.2, 0.25) is 0 Å². The van der Waals surface area contributed by atoms with Crippen LogP contribution in [0.1, 0.15) is 37.9 Å². The second kappa shape index (κ2) is 10.9. The fraction of sp³-hybridized carbons (Fsp3) is 0.385. The van der Waals surface area contributed by atoms with Gasteiger partial charge in [-0.25, -0.2) is 0 Å². The Morgan fingerprint density at radius 1 is 1.09 bits per heavy atom. The van der Waals surface area contributed by atoms with E-state index in [0.717, 1.165) is 36.1 Å². The molecule has 0 saturated carbocycles. The summed E-state index contributed by atoms with van der Waals surface area (Å²) in [4.78, 5) is 20.4. The van der Waals surface area contributed by atoms with Gasteiger partial charge in [0.15, 0.2) is 16.6 Å². The van der Waals surface area contributed by atoms with Gasteiger partial charge in [0.25, 0.3) is 5.56 Å². The largest absolute Gasteiger partial charge is 0.454 e. The number of thiocarbonyl (C=S) groups is 1. The van der Waals surface area contributed by atoms with Crippen LogP contribution < -0.4 is 20.3 Å². The van der Waals surface area contributed by atoms with Gasteiger partial charge in [0.05, 0.1) is 18.1 Å². The maximum atomic E-state index is 13.0. The van der Waals surface area contributed by atoms with Crippen molar-refractivity contribution in [3.05, 3.63) is 70.0 Å². The zero-order valence-electron chi connectivity index (χ0n) is 20.0. The Morgan fingerprint density at radius 3 is 2.50 bits per heavy atom. The molecule has 1 atom stereocenters. The molecule has 0 aliphatic carbocycles. The highest BCUT2D eigenvalue weighted by Gasteiger charge is 2.19. The third kappa shape index (κ3) is 5.51. The second-order valence-corrected chi connectivity index (χ2v) is 8.83. The van der Waals surface area contributed by atoms with E-state index in [2.05, 4.69) is 53.0 Å². The molecule has 3 aromatic rings. The van der Waals surface area contributed by atoms with Crippen molar-refractivity contribution >= 4 is 28.2 Å². The van der Waals surface area contributed by atoms with E-state index in [1.165, 1.54) is 0 Å². The number of ether oxygens (including phenoxy) is 2. The summed E-state index contributed by atoms with van der Waals surface area (Å²) >= 11 is 5.83. The van der Waals surface area contributed by atoms with Crippen molar-refractivity contribution in [1.29, 1.82) is 0 Å². The predicted molar refractivity (Wildman–Crippen MR) is 139 cm³/mol. The van der Waals surface area contributed by atoms with E-state index in [1.54, 1.807) is 0 Å². The Morgan fingerprint density at radius 2 is 1.79 bits per heavy atom. The number of rotatable bonds is 9. The SMILES string of the molecule is CCN(CC)CCN(Cc1cc2cc3c(cc2[nH]c1=O)OCO3)C(=S)NC(C)c1ccccc1. The Bertz CT molecular complexity index is 1190. The predicted octanol–water partition coefficient (Wildman–Crippen LogP) is 4.04. The first-order valence-electron chi connectivity index (χ1n) is 11.8. The number of aromatic nitrogens is 1. The van der Waals surface area contributed by atoms with Crippen molar-refractivity contribution in [2.75, 3.05) is 33.0 Å². The Kier molecular flexibility index (Phi) is 7.70. The topological polar surface area (TPSA) is 69.8 Å². The van der Waals surface area contributed by atoms with Gasteiger partial charge in [0, 0.05) is 30.1 Å². The molecular weight excluding hydrogens is 448 g/mol. The minimum atomic E-state index is -0.127. The molecule has 1 aliphatic rings. The van der Waals surface area contributed by atoms with Crippen molar-refractivity contribution in [1.82, 2.24) is 20.1 Å². The number of hydrogen-bond acceptors (Lipinski definition) is 5. The molecule has 8 heteroatoms. The van der Waals surface area contributed by atoms with E-state index in [0.29, 0.717) is 35.3 Å². The molecule has 0 fully saturated rings. The molecule has 7 nitrogen and oxygen atoms in total. The quantitative estimate of drug-likeness (QED) is 0.448. The smallest absolute Gasteiger partial charge is 0.253 e. The Labute approximate surface area is 205 Å². The summed E-state index contributed by atoms with van der Waals surface area (Å²) in [6, 6.07) is 15.9. The van der Waals surface area contributed by atoms with Gasteiger partial charge >= 0.3 is 0 Å². The highest BCUT2D eigenvalue weighted by Crippen LogP contribution is 2.35. The fourth-order valence-corrected chi connectivity index (χ4v) is 4.45. The molecule has 4 rings (SSSR count). The molecule has 2 heterocycles. The van der Waals surface area contributed by atoms with Crippen molar-refractivity contribution < 1.29 is 9.47 Å². The van der Waals surface area contributed by atoms with E-state index in [9.17, 15) is 4.79 Å². The molecule has 0 radical (unpaired) electrons. The van der Waals surface area contributed by atoms with Gasteiger partial charge in [-0.2, -0.15) is 0 Å². The van der Waals surface area contributed by atoms with Crippen LogP contribution in [0, 0.1) is 0 Å². The molecule has 2 aromatic carbocycles. The number of hydrogen-bond donors (Lipinski definition) is 2. The van der Waals surface area contributed by atoms with Crippen LogP contribution in [-0.4, -0.2) is 52.9 Å². The van der Waals surface area contributed by atoms with Crippen molar-refractivity contribution in [3.8, 4) is 11.5 Å². The first kappa shape index (κ1) is 24.0. The monoisotopic (exact) mass is 480 g/mol. The minimum Gasteiger partial charge on any atom is -0.454 e. The molecule has 34 heavy (non-hydrogen) atoms. The summed E-state index contributed by atoms with van der Waals surface area (Å²) in [6.07, 6.45) is 0. The van der Waals surface area contributed by atoms with Crippen LogP contribution in [0.25, 0.3) is 10.9 Å². The van der Waals surface area contributed by atoms with Crippen LogP contribution in [-0.2, 0) is 6.54 Å². The summed E-state index contributed by atoms with van der Waals surface area (Å²) < 4.78 is 10.9. The van der Waals surface area contributed by atoms with Gasteiger partial charge in [0.2, 0.25) is 6.79 Å². The lowest BCUT2D eigenvalue weighted by atomic mass is 10.1. The minimum absolute atomic E-state index is 0.0549. The summed E-state index contributed by atoms with van der Waals surface area (Å²) in [5.74, 6) is 1.34. The average molecular weight is 481 g/mol. The van der Waals surface area contributed by atoms with Crippen LogP contribution in [0.5, 0.6) is 11.5 Å². The summed E-state index contributed by atoms with van der Waals surface area (Å²) in [6.45, 7) is 10.5. The number of pyridine rings is 1. The third-order valence-electron chi connectivity index (χ3n) is 6.28. The molecule has 0 spiro atoms. The lowest BCUT2D eigenvalue weighted by Gasteiger charge is -2.30. The maximum Gasteiger partial charge on any atom is 0.253 e. The van der Waals surface area contributed by atoms with E-state index >= 15 is 0 Å². The van der Waals surface area contributed by atoms with Gasteiger partial charge < -0.3 is 29.6 Å². The molecular formula is C26H32N4O3S. The van der Waals surface area contributed by atoms with Gasteiger partial charge in [0.1, 0.15) is 0 Å². The summed E-state index contributed by atoms with van der Waals surface area (Å²) in [7, 11) is 0. The third-order valence-corrected chi connectivity index (χ3v) is 6.66. The highest BCUT2D eigenvalue weighted by atomic mass is 32.1. The van der Waals surface area contributed by atoms with E-state index in [1.807, 2.05) is 36.4 Å². The molecule has 0 saturated heterocycles. The number of H-pyrrole nitrogens is 1. The lowest BCUT2D eigenvalue weighted by molar-refractivity contribution is 0.174. The number of fused-ring (bicyclic) bond motifs is 2. The number of nitrogens with one attached hydrogen (secondary N) is 2. The number of aromatic amines is 1. The van der Waals surface area contributed by atoms with Crippen molar-refractivity contribution in [3.63, 3.8) is 0 Å². The van der Waals surface area contributed by atoms with Crippen LogP contribution >= 0.6 is 12.2 Å². The van der Waals surface area contributed by atoms with Crippen molar-refractivity contribution in [2.45, 2.75) is 33.4 Å². The number of benzene rings is 2. The van der Waals surface area contributed by atoms with Gasteiger partial charge in [-0.1, -0.05) is 44.2 Å². The summed E-state index contributed by atoms with van der Waals surface area (Å²) in [5, 5.41) is 4.99. The average Bonchev–Trinajstić information content (AvgIpc) is 3.30. The Balaban J connectivity index is 1.57. The van der Waals surface area contributed by atoms with E-state index in [4.69, 9.17) is 21.7 Å². The second-order valence-electron chi connectivity index (χ2n) is 8.45. The number of nitrogens with zero attached hydrogens (tertiary/aromatic N) is 2. The van der Waals surface area contributed by atoms with Gasteiger partial charge in [-0.15, -0.1) is 0 Å². The molecule has 1 unspecified atom stereocenters. The number of likely N-dealkylation sites (N-methyl/N-ethyl adjacent to an activating group) is 1. The molecule has 1 aliphatic heterocycles. The first-order valence-corrected chi connectivity index (χ1v) is 12.2. The van der Waals surface area contributed by atoms with Crippen molar-refractivity contribution in [2.24, 2.45) is 0 Å². The van der Waals surface area contributed by atoms with E-state index in [-0.39, 0.29) is 18.4 Å². The molecule has 2 N–H and O–H groups in total. The standard InChI is InChI=1S/C26H32N4O3S/c1-4-29(5-2)11-12-30(26(34)27-18(3)19-9-7-6-8-10-19)16-21-13-20-14-23-24(33-17-32-23)15-22(20)28-25(21)31/h6-10,13-15,18H,4-5,11-12,16-17H2,1-3H3,(H,27,34)(H,28,31). The Hall–Kier alpha value is -3.10. The highest BCUT2D eigenvalue weighted by molar-refractivity contribution is 7.80. The van der Waals surface area contributed by atoms with E-state index < -0.39 is 0 Å². The van der Waals surface area contributed by atoms with Gasteiger partial charge in [-0.05, 0) is 49.9 Å². The zero-order valence-corrected chi connectivity index (χ0v) is 20.8. The molecule has 1 aromatic heterocycles. The fourth-order valence-electron chi connectivity index (χ4n) is 4.12. The molecule has 0 bridgehead atoms. The molecule has 0 amide bonds. The van der Waals surface area contributed by atoms with Crippen LogP contribution in [0.4, 0.5) is 0 Å². The zero-order chi connectivity index (χ0) is 24.1. The van der Waals surface area contributed by atoms with Gasteiger partial charge in [-0.3, -0.25) is 4.79 Å². The molecule has 180 valence electrons. The normalized spacial score (nSPS) is 13.3. The van der Waals surface area contributed by atoms with Crippen LogP contribution in [0.3, 0.4) is 0 Å².